The van der Waals surface area contributed by atoms with E-state index in [9.17, 15) is 4.79 Å². The van der Waals surface area contributed by atoms with Crippen LogP contribution in [0.3, 0.4) is 0 Å². The normalized spacial score (nSPS) is 15.1. The summed E-state index contributed by atoms with van der Waals surface area (Å²) >= 11 is 0. The van der Waals surface area contributed by atoms with E-state index in [0.29, 0.717) is 17.8 Å². The number of aromatic nitrogens is 2. The molecule has 0 atom stereocenters. The Morgan fingerprint density at radius 2 is 1.74 bits per heavy atom. The van der Waals surface area contributed by atoms with Crippen molar-refractivity contribution in [3.8, 4) is 16.9 Å². The average molecular weight is 419 g/mol. The zero-order chi connectivity index (χ0) is 21.8. The molecule has 0 radical (unpaired) electrons. The molecule has 162 valence electrons. The van der Waals surface area contributed by atoms with Crippen LogP contribution in [0, 0.1) is 6.92 Å². The highest BCUT2D eigenvalue weighted by Crippen LogP contribution is 2.27. The third-order valence-electron chi connectivity index (χ3n) is 5.93. The molecule has 3 aromatic rings. The lowest BCUT2D eigenvalue weighted by molar-refractivity contribution is -0.00923. The van der Waals surface area contributed by atoms with Crippen LogP contribution in [0.25, 0.3) is 16.9 Å². The quantitative estimate of drug-likeness (QED) is 0.663. The molecule has 1 N–H and O–H groups in total. The second-order valence-corrected chi connectivity index (χ2v) is 8.58. The predicted molar refractivity (Wildman–Crippen MR) is 123 cm³/mol. The van der Waals surface area contributed by atoms with Crippen molar-refractivity contribution in [2.45, 2.75) is 26.3 Å². The summed E-state index contributed by atoms with van der Waals surface area (Å²) in [4.78, 5) is 15.7. The highest BCUT2D eigenvalue weighted by molar-refractivity contribution is 6.00. The maximum Gasteiger partial charge on any atom is 0.255 e. The second kappa shape index (κ2) is 9.04. The number of aryl methyl sites for hydroxylation is 1. The van der Waals surface area contributed by atoms with Crippen LogP contribution in [0.2, 0.25) is 0 Å². The first-order chi connectivity index (χ1) is 15.0. The van der Waals surface area contributed by atoms with E-state index in [1.165, 1.54) is 0 Å². The molecule has 1 saturated heterocycles. The van der Waals surface area contributed by atoms with Gasteiger partial charge >= 0.3 is 0 Å². The van der Waals surface area contributed by atoms with Gasteiger partial charge in [-0.2, -0.15) is 5.10 Å². The molecule has 0 bridgehead atoms. The molecule has 2 heterocycles. The molecule has 1 amide bonds. The number of hydrogen-bond acceptors (Lipinski definition) is 4. The second-order valence-electron chi connectivity index (χ2n) is 8.58. The van der Waals surface area contributed by atoms with Gasteiger partial charge in [0.15, 0.2) is 0 Å². The summed E-state index contributed by atoms with van der Waals surface area (Å²) in [6.07, 6.45) is 1.83. The van der Waals surface area contributed by atoms with Crippen LogP contribution in [-0.2, 0) is 4.74 Å². The molecule has 2 aromatic carbocycles. The Morgan fingerprint density at radius 3 is 2.45 bits per heavy atom. The van der Waals surface area contributed by atoms with Crippen molar-refractivity contribution in [1.29, 1.82) is 0 Å². The largest absolute Gasteiger partial charge is 0.379 e. The topological polar surface area (TPSA) is 59.4 Å². The van der Waals surface area contributed by atoms with Gasteiger partial charge in [-0.15, -0.1) is 0 Å². The van der Waals surface area contributed by atoms with E-state index in [0.717, 1.165) is 43.1 Å². The van der Waals surface area contributed by atoms with E-state index in [4.69, 9.17) is 9.84 Å². The molecule has 6 nitrogen and oxygen atoms in total. The van der Waals surface area contributed by atoms with E-state index in [1.54, 1.807) is 4.68 Å². The number of nitrogens with zero attached hydrogens (tertiary/aromatic N) is 3. The van der Waals surface area contributed by atoms with E-state index in [1.807, 2.05) is 67.7 Å². The molecule has 31 heavy (non-hydrogen) atoms. The minimum Gasteiger partial charge on any atom is -0.379 e. The third kappa shape index (κ3) is 4.70. The molecule has 0 spiro atoms. The maximum absolute atomic E-state index is 13.3. The van der Waals surface area contributed by atoms with E-state index in [2.05, 4.69) is 24.1 Å². The Morgan fingerprint density at radius 1 is 1.06 bits per heavy atom. The van der Waals surface area contributed by atoms with Crippen molar-refractivity contribution >= 4 is 5.91 Å². The van der Waals surface area contributed by atoms with Gasteiger partial charge in [-0.05, 0) is 38.5 Å². The molecular formula is C25H30N4O2. The number of ether oxygens (including phenoxy) is 1. The van der Waals surface area contributed by atoms with Crippen LogP contribution in [0.4, 0.5) is 0 Å². The molecule has 0 aliphatic carbocycles. The van der Waals surface area contributed by atoms with Gasteiger partial charge in [0.05, 0.1) is 24.5 Å². The zero-order valence-electron chi connectivity index (χ0n) is 18.5. The van der Waals surface area contributed by atoms with Crippen LogP contribution < -0.4 is 5.32 Å². The van der Waals surface area contributed by atoms with E-state index >= 15 is 0 Å². The number of morpholine rings is 1. The van der Waals surface area contributed by atoms with Crippen molar-refractivity contribution < 1.29 is 9.53 Å². The zero-order valence-corrected chi connectivity index (χ0v) is 18.5. The smallest absolute Gasteiger partial charge is 0.255 e. The van der Waals surface area contributed by atoms with Gasteiger partial charge in [0.1, 0.15) is 5.69 Å². The van der Waals surface area contributed by atoms with Crippen molar-refractivity contribution in [1.82, 2.24) is 20.0 Å². The van der Waals surface area contributed by atoms with Crippen LogP contribution in [0.1, 0.15) is 29.8 Å². The molecule has 4 rings (SSSR count). The van der Waals surface area contributed by atoms with Crippen molar-refractivity contribution in [3.05, 3.63) is 71.9 Å². The highest BCUT2D eigenvalue weighted by atomic mass is 16.5. The van der Waals surface area contributed by atoms with Gasteiger partial charge in [-0.25, -0.2) is 4.68 Å². The lowest BCUT2D eigenvalue weighted by Crippen LogP contribution is -2.55. The van der Waals surface area contributed by atoms with Gasteiger partial charge in [-0.3, -0.25) is 9.69 Å². The van der Waals surface area contributed by atoms with Crippen LogP contribution in [-0.4, -0.2) is 59.0 Å². The fraction of sp³-hybridized carbons (Fsp3) is 0.360. The number of benzene rings is 2. The van der Waals surface area contributed by atoms with E-state index < -0.39 is 0 Å². The molecular weight excluding hydrogens is 388 g/mol. The Labute approximate surface area is 183 Å². The summed E-state index contributed by atoms with van der Waals surface area (Å²) in [7, 11) is 0. The highest BCUT2D eigenvalue weighted by Gasteiger charge is 2.29. The average Bonchev–Trinajstić information content (AvgIpc) is 3.24. The summed E-state index contributed by atoms with van der Waals surface area (Å²) in [5.74, 6) is -0.109. The van der Waals surface area contributed by atoms with Crippen LogP contribution >= 0.6 is 0 Å². The summed E-state index contributed by atoms with van der Waals surface area (Å²) in [6.45, 7) is 10.1. The predicted octanol–water partition coefficient (Wildman–Crippen LogP) is 3.69. The first-order valence-electron chi connectivity index (χ1n) is 10.8. The summed E-state index contributed by atoms with van der Waals surface area (Å²) in [6, 6.07) is 17.9. The number of para-hydroxylation sites is 1. The number of rotatable bonds is 6. The number of hydrogen-bond donors (Lipinski definition) is 1. The number of nitrogens with one attached hydrogen (secondary N) is 1. The Hall–Kier alpha value is -2.96. The van der Waals surface area contributed by atoms with E-state index in [-0.39, 0.29) is 11.4 Å². The van der Waals surface area contributed by atoms with Gasteiger partial charge in [0, 0.05) is 36.9 Å². The van der Waals surface area contributed by atoms with Gasteiger partial charge in [0.25, 0.3) is 5.91 Å². The monoisotopic (exact) mass is 418 g/mol. The molecule has 1 aliphatic rings. The first kappa shape index (κ1) is 21.3. The molecule has 0 saturated carbocycles. The lowest BCUT2D eigenvalue weighted by Gasteiger charge is -2.40. The SMILES string of the molecule is Cc1ccccc1-c1nn(-c2ccccc2)cc1C(=O)NCC(C)(C)N1CCOCC1. The minimum atomic E-state index is -0.155. The standard InChI is InChI=1S/C25H30N4O2/c1-19-9-7-8-12-21(19)23-22(17-29(27-23)20-10-5-4-6-11-20)24(30)26-18-25(2,3)28-13-15-31-16-14-28/h4-12,17H,13-16,18H2,1-3H3,(H,26,30). The fourth-order valence-electron chi connectivity index (χ4n) is 3.96. The molecule has 0 unspecified atom stereocenters. The molecule has 6 heteroatoms. The minimum absolute atomic E-state index is 0.109. The van der Waals surface area contributed by atoms with Crippen molar-refractivity contribution in [3.63, 3.8) is 0 Å². The molecule has 1 fully saturated rings. The fourth-order valence-corrected chi connectivity index (χ4v) is 3.96. The Balaban J connectivity index is 1.62. The molecule has 1 aromatic heterocycles. The lowest BCUT2D eigenvalue weighted by atomic mass is 10.0. The number of carbonyl (C=O) groups is 1. The Kier molecular flexibility index (Phi) is 6.20. The third-order valence-corrected chi connectivity index (χ3v) is 5.93. The van der Waals surface area contributed by atoms with Gasteiger partial charge in [-0.1, -0.05) is 42.5 Å². The van der Waals surface area contributed by atoms with Gasteiger partial charge in [0.2, 0.25) is 0 Å². The summed E-state index contributed by atoms with van der Waals surface area (Å²) in [5, 5.41) is 7.95. The number of carbonyl (C=O) groups excluding carboxylic acids is 1. The van der Waals surface area contributed by atoms with Crippen molar-refractivity contribution in [2.24, 2.45) is 0 Å². The van der Waals surface area contributed by atoms with Crippen molar-refractivity contribution in [2.75, 3.05) is 32.8 Å². The summed E-state index contributed by atoms with van der Waals surface area (Å²) < 4.78 is 7.25. The number of amides is 1. The van der Waals surface area contributed by atoms with Crippen LogP contribution in [0.15, 0.2) is 60.8 Å². The van der Waals surface area contributed by atoms with Gasteiger partial charge < -0.3 is 10.1 Å². The first-order valence-corrected chi connectivity index (χ1v) is 10.8. The molecule has 1 aliphatic heterocycles. The Bertz CT molecular complexity index is 1040. The maximum atomic E-state index is 13.3. The summed E-state index contributed by atoms with van der Waals surface area (Å²) in [5.41, 5.74) is 4.10. The van der Waals surface area contributed by atoms with Crippen LogP contribution in [0.5, 0.6) is 0 Å².